The van der Waals surface area contributed by atoms with Gasteiger partial charge in [0.25, 0.3) is 11.8 Å². The van der Waals surface area contributed by atoms with Crippen molar-refractivity contribution in [1.29, 1.82) is 0 Å². The maximum Gasteiger partial charge on any atom is 0.288 e. The molecule has 0 aromatic heterocycles. The number of imide groups is 1. The molecule has 0 unspecified atom stereocenters. The van der Waals surface area contributed by atoms with E-state index in [-0.39, 0.29) is 23.8 Å². The minimum Gasteiger partial charge on any atom is -0.365 e. The lowest BCUT2D eigenvalue weighted by Gasteiger charge is -2.31. The molecule has 25 heavy (non-hydrogen) atoms. The normalized spacial score (nSPS) is 26.9. The van der Waals surface area contributed by atoms with Crippen LogP contribution in [0.15, 0.2) is 30.3 Å². The molecule has 0 bridgehead atoms. The van der Waals surface area contributed by atoms with Crippen LogP contribution in [0.3, 0.4) is 0 Å². The molecule has 2 fully saturated rings. The van der Waals surface area contributed by atoms with E-state index in [0.29, 0.717) is 25.9 Å². The van der Waals surface area contributed by atoms with Crippen LogP contribution in [0, 0.1) is 0 Å². The predicted octanol–water partition coefficient (Wildman–Crippen LogP) is -3.37. The predicted molar refractivity (Wildman–Crippen MR) is 90.7 cm³/mol. The lowest BCUT2D eigenvalue weighted by atomic mass is 10.1. The number of piperazine rings is 1. The molecule has 2 saturated heterocycles. The number of nitrogens with one attached hydrogen (secondary N) is 2. The number of rotatable bonds is 6. The molecule has 7 heteroatoms. The summed E-state index contributed by atoms with van der Waals surface area (Å²) in [7, 11) is 0. The third kappa shape index (κ3) is 4.24. The van der Waals surface area contributed by atoms with Gasteiger partial charge in [-0.3, -0.25) is 19.3 Å². The third-order valence-corrected chi connectivity index (χ3v) is 5.23. The number of nitrogens with two attached hydrogens (primary N) is 1. The first-order valence-corrected chi connectivity index (χ1v) is 8.89. The molecule has 3 amide bonds. The van der Waals surface area contributed by atoms with E-state index in [1.807, 2.05) is 30.3 Å². The number of carbonyl (C=O) groups is 3. The number of hydrogen-bond donors (Lipinski definition) is 3. The molecule has 1 atom stereocenters. The summed E-state index contributed by atoms with van der Waals surface area (Å²) in [5.41, 5.74) is 6.38. The van der Waals surface area contributed by atoms with Crippen molar-refractivity contribution in [2.75, 3.05) is 39.3 Å². The van der Waals surface area contributed by atoms with E-state index < -0.39 is 0 Å². The Bertz CT molecular complexity index is 641. The maximum atomic E-state index is 12.7. The molecule has 134 valence electrons. The third-order valence-electron chi connectivity index (χ3n) is 5.23. The van der Waals surface area contributed by atoms with Gasteiger partial charge in [0.1, 0.15) is 26.2 Å². The molecule has 1 aromatic rings. The van der Waals surface area contributed by atoms with Crippen molar-refractivity contribution < 1.29 is 24.2 Å². The van der Waals surface area contributed by atoms with Crippen molar-refractivity contribution in [3.05, 3.63) is 35.9 Å². The summed E-state index contributed by atoms with van der Waals surface area (Å²) in [6, 6.07) is 9.63. The molecule has 0 aliphatic carbocycles. The molecule has 2 heterocycles. The number of nitrogens with zero attached hydrogens (tertiary/aromatic N) is 1. The van der Waals surface area contributed by atoms with Crippen LogP contribution >= 0.6 is 0 Å². The molecule has 0 spiro atoms. The summed E-state index contributed by atoms with van der Waals surface area (Å²) in [5, 5.41) is 0. The van der Waals surface area contributed by atoms with Gasteiger partial charge >= 0.3 is 0 Å². The fourth-order valence-electron chi connectivity index (χ4n) is 3.82. The number of primary amides is 1. The van der Waals surface area contributed by atoms with Gasteiger partial charge in [0.2, 0.25) is 5.91 Å². The second kappa shape index (κ2) is 7.76. The minimum absolute atomic E-state index is 0.0470. The lowest BCUT2D eigenvalue weighted by molar-refractivity contribution is -1.02. The van der Waals surface area contributed by atoms with Gasteiger partial charge in [-0.15, -0.1) is 0 Å². The maximum absolute atomic E-state index is 12.7. The summed E-state index contributed by atoms with van der Waals surface area (Å²) in [4.78, 5) is 39.8. The Balaban J connectivity index is 1.54. The van der Waals surface area contributed by atoms with E-state index in [0.717, 1.165) is 41.5 Å². The van der Waals surface area contributed by atoms with Gasteiger partial charge < -0.3 is 15.5 Å². The molecule has 3 rings (SSSR count). The highest BCUT2D eigenvalue weighted by Gasteiger charge is 2.45. The van der Waals surface area contributed by atoms with Gasteiger partial charge in [0.05, 0.1) is 6.42 Å². The largest absolute Gasteiger partial charge is 0.365 e. The Kier molecular flexibility index (Phi) is 5.45. The SMILES string of the molecule is NC(=O)C[NH+]1CC[NH+]([C@@H]2CC(=O)N(CCc3ccccc3)C2=O)CC1. The van der Waals surface area contributed by atoms with E-state index >= 15 is 0 Å². The summed E-state index contributed by atoms with van der Waals surface area (Å²) < 4.78 is 0. The molecule has 1 aromatic carbocycles. The molecule has 0 radical (unpaired) electrons. The average Bonchev–Trinajstić information content (AvgIpc) is 2.88. The van der Waals surface area contributed by atoms with E-state index in [2.05, 4.69) is 0 Å². The van der Waals surface area contributed by atoms with Crippen LogP contribution in [0.4, 0.5) is 0 Å². The number of carbonyl (C=O) groups excluding carboxylic acids is 3. The summed E-state index contributed by atoms with van der Waals surface area (Å²) in [6.07, 6.45) is 0.991. The number of likely N-dealkylation sites (tertiary alicyclic amines) is 1. The van der Waals surface area contributed by atoms with E-state index in [4.69, 9.17) is 5.73 Å². The topological polar surface area (TPSA) is 89.3 Å². The van der Waals surface area contributed by atoms with E-state index in [1.54, 1.807) is 0 Å². The first kappa shape index (κ1) is 17.6. The van der Waals surface area contributed by atoms with Crippen LogP contribution in [0.5, 0.6) is 0 Å². The minimum atomic E-state index is -0.294. The van der Waals surface area contributed by atoms with Crippen LogP contribution in [-0.2, 0) is 20.8 Å². The number of hydrogen-bond acceptors (Lipinski definition) is 3. The monoisotopic (exact) mass is 346 g/mol. The van der Waals surface area contributed by atoms with Crippen molar-refractivity contribution in [1.82, 2.24) is 4.90 Å². The summed E-state index contributed by atoms with van der Waals surface area (Å²) in [6.45, 7) is 3.98. The van der Waals surface area contributed by atoms with Gasteiger partial charge in [-0.05, 0) is 12.0 Å². The fraction of sp³-hybridized carbons (Fsp3) is 0.500. The highest BCUT2D eigenvalue weighted by atomic mass is 16.2. The first-order chi connectivity index (χ1) is 12.0. The van der Waals surface area contributed by atoms with Gasteiger partial charge in [-0.1, -0.05) is 30.3 Å². The number of amides is 3. The molecule has 4 N–H and O–H groups in total. The van der Waals surface area contributed by atoms with Crippen molar-refractivity contribution in [2.45, 2.75) is 18.9 Å². The van der Waals surface area contributed by atoms with Crippen LogP contribution in [0.1, 0.15) is 12.0 Å². The second-order valence-corrected chi connectivity index (χ2v) is 6.93. The fourth-order valence-corrected chi connectivity index (χ4v) is 3.82. The molecule has 0 saturated carbocycles. The van der Waals surface area contributed by atoms with Crippen LogP contribution in [0.2, 0.25) is 0 Å². The van der Waals surface area contributed by atoms with E-state index in [1.165, 1.54) is 4.90 Å². The Morgan fingerprint density at radius 2 is 1.80 bits per heavy atom. The smallest absolute Gasteiger partial charge is 0.288 e. The van der Waals surface area contributed by atoms with Crippen LogP contribution in [-0.4, -0.2) is 67.9 Å². The second-order valence-electron chi connectivity index (χ2n) is 6.93. The molecular weight excluding hydrogens is 320 g/mol. The van der Waals surface area contributed by atoms with Crippen molar-refractivity contribution in [3.63, 3.8) is 0 Å². The van der Waals surface area contributed by atoms with Crippen LogP contribution < -0.4 is 15.5 Å². The summed E-state index contributed by atoms with van der Waals surface area (Å²) in [5.74, 6) is -0.405. The molecule has 2 aliphatic rings. The quantitative estimate of drug-likeness (QED) is 0.470. The highest BCUT2D eigenvalue weighted by molar-refractivity contribution is 6.04. The zero-order valence-corrected chi connectivity index (χ0v) is 14.4. The molecule has 2 aliphatic heterocycles. The standard InChI is InChI=1S/C18H24N4O3/c19-16(23)13-20-8-10-21(11-9-20)15-12-17(24)22(18(15)25)7-6-14-4-2-1-3-5-14/h1-5,15H,6-13H2,(H2,19,23)/p+2/t15-/m1/s1. The van der Waals surface area contributed by atoms with Gasteiger partial charge in [-0.25, -0.2) is 0 Å². The zero-order valence-electron chi connectivity index (χ0n) is 14.4. The number of benzene rings is 1. The summed E-state index contributed by atoms with van der Waals surface area (Å²) >= 11 is 0. The molecular formula is C18H26N4O3+2. The van der Waals surface area contributed by atoms with Crippen molar-refractivity contribution in [2.24, 2.45) is 5.73 Å². The number of quaternary nitrogens is 2. The highest BCUT2D eigenvalue weighted by Crippen LogP contribution is 2.12. The van der Waals surface area contributed by atoms with Crippen molar-refractivity contribution in [3.8, 4) is 0 Å². The average molecular weight is 346 g/mol. The molecule has 7 nitrogen and oxygen atoms in total. The van der Waals surface area contributed by atoms with Gasteiger partial charge in [0.15, 0.2) is 12.6 Å². The van der Waals surface area contributed by atoms with E-state index in [9.17, 15) is 14.4 Å². The first-order valence-electron chi connectivity index (χ1n) is 8.89. The lowest BCUT2D eigenvalue weighted by Crippen LogP contribution is -3.30. The van der Waals surface area contributed by atoms with Crippen molar-refractivity contribution >= 4 is 17.7 Å². The van der Waals surface area contributed by atoms with Gasteiger partial charge in [0, 0.05) is 6.54 Å². The Hall–Kier alpha value is -2.25. The Morgan fingerprint density at radius 1 is 1.12 bits per heavy atom. The zero-order chi connectivity index (χ0) is 17.8. The Morgan fingerprint density at radius 3 is 2.44 bits per heavy atom. The Labute approximate surface area is 147 Å². The van der Waals surface area contributed by atoms with Crippen LogP contribution in [0.25, 0.3) is 0 Å². The van der Waals surface area contributed by atoms with Gasteiger partial charge in [-0.2, -0.15) is 0 Å².